The van der Waals surface area contributed by atoms with Gasteiger partial charge in [0.25, 0.3) is 5.56 Å². The van der Waals surface area contributed by atoms with Gasteiger partial charge in [-0.25, -0.2) is 4.98 Å². The molecule has 0 spiro atoms. The van der Waals surface area contributed by atoms with E-state index in [0.717, 1.165) is 5.56 Å². The molecule has 0 saturated heterocycles. The Morgan fingerprint density at radius 2 is 2.16 bits per heavy atom. The number of benzene rings is 1. The summed E-state index contributed by atoms with van der Waals surface area (Å²) in [5, 5.41) is 0.520. The Labute approximate surface area is 110 Å². The van der Waals surface area contributed by atoms with Gasteiger partial charge in [-0.3, -0.25) is 9.59 Å². The molecule has 0 amide bonds. The Morgan fingerprint density at radius 3 is 2.84 bits per heavy atom. The molecule has 5 heteroatoms. The summed E-state index contributed by atoms with van der Waals surface area (Å²) in [5.41, 5.74) is 7.06. The van der Waals surface area contributed by atoms with Gasteiger partial charge in [-0.2, -0.15) is 0 Å². The summed E-state index contributed by atoms with van der Waals surface area (Å²) in [4.78, 5) is 30.1. The van der Waals surface area contributed by atoms with Crippen molar-refractivity contribution in [3.63, 3.8) is 0 Å². The minimum absolute atomic E-state index is 0.000749. The van der Waals surface area contributed by atoms with Crippen molar-refractivity contribution >= 4 is 16.7 Å². The van der Waals surface area contributed by atoms with Crippen LogP contribution in [0.25, 0.3) is 10.9 Å². The van der Waals surface area contributed by atoms with Crippen molar-refractivity contribution in [1.29, 1.82) is 0 Å². The highest BCUT2D eigenvalue weighted by Gasteiger charge is 2.17. The minimum Gasteiger partial charge on any atom is -0.321 e. The van der Waals surface area contributed by atoms with E-state index in [1.54, 1.807) is 18.2 Å². The summed E-state index contributed by atoms with van der Waals surface area (Å²) in [5.74, 6) is 0.119. The third-order valence-electron chi connectivity index (χ3n) is 3.17. The Bertz CT molecular complexity index is 661. The van der Waals surface area contributed by atoms with Crippen LogP contribution in [0.2, 0.25) is 0 Å². The zero-order valence-corrected chi connectivity index (χ0v) is 11.0. The maximum Gasteiger partial charge on any atom is 0.258 e. The number of aromatic amines is 1. The number of carbonyl (C=O) groups is 1. The second-order valence-electron chi connectivity index (χ2n) is 5.00. The molecule has 0 bridgehead atoms. The van der Waals surface area contributed by atoms with Gasteiger partial charge in [0.05, 0.1) is 23.3 Å². The highest BCUT2D eigenvalue weighted by atomic mass is 16.1. The minimum atomic E-state index is -0.456. The first-order valence-corrected chi connectivity index (χ1v) is 6.23. The van der Waals surface area contributed by atoms with Crippen molar-refractivity contribution in [2.75, 3.05) is 0 Å². The first-order valence-electron chi connectivity index (χ1n) is 6.23. The molecule has 1 aromatic carbocycles. The molecule has 0 unspecified atom stereocenters. The van der Waals surface area contributed by atoms with Gasteiger partial charge in [0.2, 0.25) is 0 Å². The number of nitrogens with zero attached hydrogens (tertiary/aromatic N) is 1. The Kier molecular flexibility index (Phi) is 3.76. The van der Waals surface area contributed by atoms with Crippen LogP contribution in [0.3, 0.4) is 0 Å². The number of rotatable bonds is 4. The van der Waals surface area contributed by atoms with E-state index in [9.17, 15) is 9.59 Å². The van der Waals surface area contributed by atoms with Gasteiger partial charge in [0, 0.05) is 6.42 Å². The molecule has 100 valence electrons. The van der Waals surface area contributed by atoms with Gasteiger partial charge >= 0.3 is 0 Å². The van der Waals surface area contributed by atoms with Crippen LogP contribution in [0, 0.1) is 5.92 Å². The number of nitrogens with two attached hydrogens (primary N) is 1. The Morgan fingerprint density at radius 1 is 1.42 bits per heavy atom. The van der Waals surface area contributed by atoms with Crippen LogP contribution >= 0.6 is 0 Å². The molecule has 0 aliphatic heterocycles. The Hall–Kier alpha value is -2.01. The molecule has 5 nitrogen and oxygen atoms in total. The van der Waals surface area contributed by atoms with E-state index in [1.807, 2.05) is 13.8 Å². The molecule has 0 aliphatic carbocycles. The lowest BCUT2D eigenvalue weighted by atomic mass is 9.96. The number of carbonyl (C=O) groups excluding carboxylic acids is 1. The molecule has 19 heavy (non-hydrogen) atoms. The fourth-order valence-corrected chi connectivity index (χ4v) is 1.92. The molecule has 1 aromatic heterocycles. The summed E-state index contributed by atoms with van der Waals surface area (Å²) in [6.45, 7) is 3.84. The standard InChI is InChI=1S/C14H17N3O2/c1-8(2)13(15)12(18)6-9-3-4-10-11(5-9)16-7-17-14(10)19/h3-5,7-8,13H,6,15H2,1-2H3,(H,16,17,19)/t13-/m1/s1. The number of hydrogen-bond donors (Lipinski definition) is 2. The first kappa shape index (κ1) is 13.4. The van der Waals surface area contributed by atoms with Crippen LogP contribution in [0.5, 0.6) is 0 Å². The van der Waals surface area contributed by atoms with Crippen molar-refractivity contribution in [2.45, 2.75) is 26.3 Å². The van der Waals surface area contributed by atoms with Crippen molar-refractivity contribution in [3.8, 4) is 0 Å². The van der Waals surface area contributed by atoms with Gasteiger partial charge in [0.15, 0.2) is 5.78 Å². The normalized spacial score (nSPS) is 12.8. The Balaban J connectivity index is 2.28. The van der Waals surface area contributed by atoms with Gasteiger partial charge < -0.3 is 10.7 Å². The predicted octanol–water partition coefficient (Wildman–Crippen LogP) is 1.02. The maximum absolute atomic E-state index is 11.9. The molecule has 2 rings (SSSR count). The molecule has 1 heterocycles. The average Bonchev–Trinajstić information content (AvgIpc) is 2.37. The third kappa shape index (κ3) is 2.88. The van der Waals surface area contributed by atoms with E-state index in [0.29, 0.717) is 10.9 Å². The van der Waals surface area contributed by atoms with E-state index in [1.165, 1.54) is 6.33 Å². The lowest BCUT2D eigenvalue weighted by Gasteiger charge is -2.14. The van der Waals surface area contributed by atoms with Crippen LogP contribution in [0.15, 0.2) is 29.3 Å². The van der Waals surface area contributed by atoms with Crippen molar-refractivity contribution in [3.05, 3.63) is 40.4 Å². The van der Waals surface area contributed by atoms with Gasteiger partial charge in [0.1, 0.15) is 0 Å². The number of hydrogen-bond acceptors (Lipinski definition) is 4. The molecular formula is C14H17N3O2. The zero-order chi connectivity index (χ0) is 14.0. The lowest BCUT2D eigenvalue weighted by Crippen LogP contribution is -2.36. The number of ketones is 1. The topological polar surface area (TPSA) is 88.8 Å². The molecule has 2 aromatic rings. The molecule has 3 N–H and O–H groups in total. The molecule has 1 atom stereocenters. The van der Waals surface area contributed by atoms with Crippen LogP contribution in [-0.2, 0) is 11.2 Å². The average molecular weight is 259 g/mol. The van der Waals surface area contributed by atoms with E-state index in [-0.39, 0.29) is 23.7 Å². The predicted molar refractivity (Wildman–Crippen MR) is 73.9 cm³/mol. The fraction of sp³-hybridized carbons (Fsp3) is 0.357. The smallest absolute Gasteiger partial charge is 0.258 e. The molecular weight excluding hydrogens is 242 g/mol. The van der Waals surface area contributed by atoms with Gasteiger partial charge in [-0.15, -0.1) is 0 Å². The van der Waals surface area contributed by atoms with Crippen LogP contribution < -0.4 is 11.3 Å². The molecule has 0 radical (unpaired) electrons. The summed E-state index contributed by atoms with van der Waals surface area (Å²) in [7, 11) is 0. The van der Waals surface area contributed by atoms with Crippen LogP contribution in [0.1, 0.15) is 19.4 Å². The lowest BCUT2D eigenvalue weighted by molar-refractivity contribution is -0.120. The summed E-state index contributed by atoms with van der Waals surface area (Å²) in [6.07, 6.45) is 1.62. The monoisotopic (exact) mass is 259 g/mol. The van der Waals surface area contributed by atoms with E-state index in [4.69, 9.17) is 5.73 Å². The third-order valence-corrected chi connectivity index (χ3v) is 3.17. The SMILES string of the molecule is CC(C)[C@@H](N)C(=O)Cc1ccc2c(=O)[nH]cnc2c1. The largest absolute Gasteiger partial charge is 0.321 e. The fourth-order valence-electron chi connectivity index (χ4n) is 1.92. The molecule has 0 saturated carbocycles. The van der Waals surface area contributed by atoms with E-state index >= 15 is 0 Å². The first-order chi connectivity index (χ1) is 8.99. The summed E-state index contributed by atoms with van der Waals surface area (Å²) < 4.78 is 0. The summed E-state index contributed by atoms with van der Waals surface area (Å²) >= 11 is 0. The number of Topliss-reactive ketones (excluding diaryl/α,β-unsaturated/α-hetero) is 1. The van der Waals surface area contributed by atoms with Crippen molar-refractivity contribution in [2.24, 2.45) is 11.7 Å². The number of H-pyrrole nitrogens is 1. The zero-order valence-electron chi connectivity index (χ0n) is 11.0. The molecule has 0 aliphatic rings. The highest BCUT2D eigenvalue weighted by Crippen LogP contribution is 2.12. The number of fused-ring (bicyclic) bond motifs is 1. The quantitative estimate of drug-likeness (QED) is 0.857. The van der Waals surface area contributed by atoms with Crippen LogP contribution in [-0.4, -0.2) is 21.8 Å². The second-order valence-corrected chi connectivity index (χ2v) is 5.00. The van der Waals surface area contributed by atoms with Gasteiger partial charge in [-0.1, -0.05) is 19.9 Å². The van der Waals surface area contributed by atoms with Gasteiger partial charge in [-0.05, 0) is 23.6 Å². The van der Waals surface area contributed by atoms with E-state index in [2.05, 4.69) is 9.97 Å². The number of nitrogens with one attached hydrogen (secondary N) is 1. The van der Waals surface area contributed by atoms with Crippen molar-refractivity contribution in [1.82, 2.24) is 9.97 Å². The highest BCUT2D eigenvalue weighted by molar-refractivity contribution is 5.87. The summed E-state index contributed by atoms with van der Waals surface area (Å²) in [6, 6.07) is 4.76. The maximum atomic E-state index is 11.9. The number of aromatic nitrogens is 2. The second kappa shape index (κ2) is 5.32. The van der Waals surface area contributed by atoms with Crippen molar-refractivity contribution < 1.29 is 4.79 Å². The molecule has 0 fully saturated rings. The van der Waals surface area contributed by atoms with Crippen LogP contribution in [0.4, 0.5) is 0 Å². The van der Waals surface area contributed by atoms with E-state index < -0.39 is 6.04 Å².